The Hall–Kier alpha value is -1.90. The standard InChI is InChI=1S/C16H18N2O/c1-16(10-5-6-11-16)15(19)14-9-12-17-18(14)13-7-3-2-4-8-13/h2-4,7-9,12H,5-6,10-11H2,1H3. The summed E-state index contributed by atoms with van der Waals surface area (Å²) < 4.78 is 1.76. The van der Waals surface area contributed by atoms with Crippen molar-refractivity contribution in [3.05, 3.63) is 48.3 Å². The Kier molecular flexibility index (Phi) is 2.97. The van der Waals surface area contributed by atoms with E-state index in [1.807, 2.05) is 36.4 Å². The Bertz CT molecular complexity index is 580. The summed E-state index contributed by atoms with van der Waals surface area (Å²) in [5.41, 5.74) is 1.44. The molecule has 3 rings (SSSR count). The zero-order valence-corrected chi connectivity index (χ0v) is 11.2. The van der Waals surface area contributed by atoms with Crippen LogP contribution in [0.15, 0.2) is 42.6 Å². The molecule has 3 nitrogen and oxygen atoms in total. The lowest BCUT2D eigenvalue weighted by molar-refractivity contribution is 0.0815. The van der Waals surface area contributed by atoms with E-state index in [0.29, 0.717) is 5.69 Å². The normalized spacial score (nSPS) is 17.5. The van der Waals surface area contributed by atoms with Gasteiger partial charge in [-0.1, -0.05) is 38.0 Å². The van der Waals surface area contributed by atoms with E-state index in [9.17, 15) is 4.79 Å². The van der Waals surface area contributed by atoms with Crippen LogP contribution in [0.3, 0.4) is 0 Å². The van der Waals surface area contributed by atoms with Gasteiger partial charge in [0.1, 0.15) is 5.69 Å². The van der Waals surface area contributed by atoms with Gasteiger partial charge < -0.3 is 0 Å². The molecule has 0 amide bonds. The predicted octanol–water partition coefficient (Wildman–Crippen LogP) is 3.64. The van der Waals surface area contributed by atoms with E-state index in [1.165, 1.54) is 0 Å². The van der Waals surface area contributed by atoms with E-state index in [4.69, 9.17) is 0 Å². The molecule has 0 atom stereocenters. The number of hydrogen-bond donors (Lipinski definition) is 0. The number of benzene rings is 1. The van der Waals surface area contributed by atoms with Gasteiger partial charge in [-0.15, -0.1) is 0 Å². The molecule has 0 bridgehead atoms. The van der Waals surface area contributed by atoms with Crippen LogP contribution in [-0.2, 0) is 0 Å². The lowest BCUT2D eigenvalue weighted by Gasteiger charge is -2.21. The first-order valence-electron chi connectivity index (χ1n) is 6.85. The van der Waals surface area contributed by atoms with Crippen LogP contribution >= 0.6 is 0 Å². The molecule has 1 aromatic heterocycles. The molecule has 1 aliphatic carbocycles. The minimum Gasteiger partial charge on any atom is -0.292 e. The highest BCUT2D eigenvalue weighted by Gasteiger charge is 2.38. The summed E-state index contributed by atoms with van der Waals surface area (Å²) in [5.74, 6) is 0.228. The van der Waals surface area contributed by atoms with Crippen LogP contribution in [0.25, 0.3) is 5.69 Å². The largest absolute Gasteiger partial charge is 0.292 e. The fourth-order valence-electron chi connectivity index (χ4n) is 2.94. The third-order valence-electron chi connectivity index (χ3n) is 4.13. The molecule has 0 N–H and O–H groups in total. The fourth-order valence-corrected chi connectivity index (χ4v) is 2.94. The van der Waals surface area contributed by atoms with Crippen molar-refractivity contribution < 1.29 is 4.79 Å². The molecule has 1 aromatic carbocycles. The zero-order chi connectivity index (χ0) is 13.3. The van der Waals surface area contributed by atoms with Crippen molar-refractivity contribution in [2.24, 2.45) is 5.41 Å². The van der Waals surface area contributed by atoms with Crippen LogP contribution in [0.2, 0.25) is 0 Å². The second kappa shape index (κ2) is 4.65. The summed E-state index contributed by atoms with van der Waals surface area (Å²) in [4.78, 5) is 12.8. The highest BCUT2D eigenvalue weighted by molar-refractivity contribution is 5.99. The Morgan fingerprint density at radius 2 is 1.84 bits per heavy atom. The zero-order valence-electron chi connectivity index (χ0n) is 11.2. The lowest BCUT2D eigenvalue weighted by atomic mass is 9.82. The van der Waals surface area contributed by atoms with Gasteiger partial charge in [0.05, 0.1) is 11.9 Å². The number of rotatable bonds is 3. The second-order valence-electron chi connectivity index (χ2n) is 5.56. The minimum atomic E-state index is -0.202. The highest BCUT2D eigenvalue weighted by atomic mass is 16.1. The molecule has 1 saturated carbocycles. The molecule has 1 aliphatic rings. The molecule has 0 saturated heterocycles. The van der Waals surface area contributed by atoms with E-state index in [1.54, 1.807) is 10.9 Å². The average Bonchev–Trinajstić information content (AvgIpc) is 3.08. The molecule has 0 unspecified atom stereocenters. The molecule has 2 aromatic rings. The smallest absolute Gasteiger partial charge is 0.187 e. The number of para-hydroxylation sites is 1. The molecular formula is C16H18N2O. The van der Waals surface area contributed by atoms with Crippen molar-refractivity contribution in [2.45, 2.75) is 32.6 Å². The van der Waals surface area contributed by atoms with E-state index in [-0.39, 0.29) is 11.2 Å². The first-order valence-corrected chi connectivity index (χ1v) is 6.85. The molecule has 1 fully saturated rings. The van der Waals surface area contributed by atoms with E-state index >= 15 is 0 Å². The maximum Gasteiger partial charge on any atom is 0.187 e. The summed E-state index contributed by atoms with van der Waals surface area (Å²) in [6.07, 6.45) is 6.00. The minimum absolute atomic E-state index is 0.202. The second-order valence-corrected chi connectivity index (χ2v) is 5.56. The molecule has 0 radical (unpaired) electrons. The molecule has 0 spiro atoms. The average molecular weight is 254 g/mol. The first kappa shape index (κ1) is 12.2. The summed E-state index contributed by atoms with van der Waals surface area (Å²) in [5, 5.41) is 4.31. The number of aromatic nitrogens is 2. The topological polar surface area (TPSA) is 34.9 Å². The Morgan fingerprint density at radius 1 is 1.16 bits per heavy atom. The van der Waals surface area contributed by atoms with Crippen molar-refractivity contribution in [2.75, 3.05) is 0 Å². The van der Waals surface area contributed by atoms with Gasteiger partial charge in [0.2, 0.25) is 0 Å². The maximum absolute atomic E-state index is 12.8. The van der Waals surface area contributed by atoms with E-state index < -0.39 is 0 Å². The van der Waals surface area contributed by atoms with Crippen LogP contribution in [0.1, 0.15) is 43.1 Å². The van der Waals surface area contributed by atoms with Crippen LogP contribution in [0, 0.1) is 5.41 Å². The number of hydrogen-bond acceptors (Lipinski definition) is 2. The number of ketones is 1. The van der Waals surface area contributed by atoms with Crippen LogP contribution in [-0.4, -0.2) is 15.6 Å². The first-order chi connectivity index (χ1) is 9.21. The summed E-state index contributed by atoms with van der Waals surface area (Å²) >= 11 is 0. The quantitative estimate of drug-likeness (QED) is 0.784. The van der Waals surface area contributed by atoms with Crippen molar-refractivity contribution >= 4 is 5.78 Å². The molecule has 19 heavy (non-hydrogen) atoms. The molecule has 3 heteroatoms. The Morgan fingerprint density at radius 3 is 2.53 bits per heavy atom. The maximum atomic E-state index is 12.8. The van der Waals surface area contributed by atoms with Crippen molar-refractivity contribution in [3.63, 3.8) is 0 Å². The summed E-state index contributed by atoms with van der Waals surface area (Å²) in [6.45, 7) is 2.09. The van der Waals surface area contributed by atoms with Crippen molar-refractivity contribution in [1.29, 1.82) is 0 Å². The van der Waals surface area contributed by atoms with Gasteiger partial charge in [0, 0.05) is 5.41 Å². The number of carbonyl (C=O) groups is 1. The van der Waals surface area contributed by atoms with Gasteiger partial charge in [0.25, 0.3) is 0 Å². The third-order valence-corrected chi connectivity index (χ3v) is 4.13. The number of carbonyl (C=O) groups excluding carboxylic acids is 1. The number of nitrogens with zero attached hydrogens (tertiary/aromatic N) is 2. The van der Waals surface area contributed by atoms with E-state index in [0.717, 1.165) is 31.4 Å². The molecule has 0 aliphatic heterocycles. The number of Topliss-reactive ketones (excluding diaryl/α,β-unsaturated/α-hetero) is 1. The van der Waals surface area contributed by atoms with Gasteiger partial charge in [-0.05, 0) is 31.0 Å². The van der Waals surface area contributed by atoms with Gasteiger partial charge in [-0.2, -0.15) is 5.10 Å². The van der Waals surface area contributed by atoms with Crippen molar-refractivity contribution in [1.82, 2.24) is 9.78 Å². The van der Waals surface area contributed by atoms with Gasteiger partial charge in [-0.3, -0.25) is 4.79 Å². The van der Waals surface area contributed by atoms with Gasteiger partial charge in [-0.25, -0.2) is 4.68 Å². The molecule has 1 heterocycles. The summed E-state index contributed by atoms with van der Waals surface area (Å²) in [7, 11) is 0. The van der Waals surface area contributed by atoms with Gasteiger partial charge in [0.15, 0.2) is 5.78 Å². The highest BCUT2D eigenvalue weighted by Crippen LogP contribution is 2.40. The lowest BCUT2D eigenvalue weighted by Crippen LogP contribution is -2.26. The van der Waals surface area contributed by atoms with Gasteiger partial charge >= 0.3 is 0 Å². The SMILES string of the molecule is CC1(C(=O)c2ccnn2-c2ccccc2)CCCC1. The van der Waals surface area contributed by atoms with Crippen molar-refractivity contribution in [3.8, 4) is 5.69 Å². The fraction of sp³-hybridized carbons (Fsp3) is 0.375. The molecular weight excluding hydrogens is 236 g/mol. The third kappa shape index (κ3) is 2.09. The summed E-state index contributed by atoms with van der Waals surface area (Å²) in [6, 6.07) is 11.7. The van der Waals surface area contributed by atoms with E-state index in [2.05, 4.69) is 12.0 Å². The van der Waals surface area contributed by atoms with Crippen LogP contribution in [0.4, 0.5) is 0 Å². The van der Waals surface area contributed by atoms with Crippen LogP contribution < -0.4 is 0 Å². The predicted molar refractivity (Wildman–Crippen MR) is 74.5 cm³/mol. The Labute approximate surface area is 113 Å². The monoisotopic (exact) mass is 254 g/mol. The van der Waals surface area contributed by atoms with Crippen LogP contribution in [0.5, 0.6) is 0 Å². The Balaban J connectivity index is 1.99. The molecule has 98 valence electrons.